The van der Waals surface area contributed by atoms with E-state index >= 15 is 0 Å². The molecule has 23 heavy (non-hydrogen) atoms. The van der Waals surface area contributed by atoms with Gasteiger partial charge in [0.1, 0.15) is 17.3 Å². The predicted molar refractivity (Wildman–Crippen MR) is 89.2 cm³/mol. The van der Waals surface area contributed by atoms with Crippen LogP contribution >= 0.6 is 0 Å². The van der Waals surface area contributed by atoms with Gasteiger partial charge >= 0.3 is 0 Å². The van der Waals surface area contributed by atoms with E-state index in [-0.39, 0.29) is 11.9 Å². The highest BCUT2D eigenvalue weighted by Crippen LogP contribution is 2.43. The van der Waals surface area contributed by atoms with Crippen LogP contribution in [0, 0.1) is 0 Å². The molecule has 0 saturated heterocycles. The first-order valence-electron chi connectivity index (χ1n) is 8.19. The first-order chi connectivity index (χ1) is 11.1. The van der Waals surface area contributed by atoms with Crippen LogP contribution in [0.3, 0.4) is 0 Å². The molecule has 2 aliphatic heterocycles. The number of aliphatic hydroxyl groups is 1. The molecule has 1 unspecified atom stereocenters. The number of anilines is 1. The summed E-state index contributed by atoms with van der Waals surface area (Å²) in [4.78, 5) is 2.05. The van der Waals surface area contributed by atoms with Gasteiger partial charge in [-0.3, -0.25) is 0 Å². The topological polar surface area (TPSA) is 52.9 Å². The summed E-state index contributed by atoms with van der Waals surface area (Å²) in [6.07, 6.45) is 5.74. The van der Waals surface area contributed by atoms with Crippen molar-refractivity contribution in [1.29, 1.82) is 0 Å². The minimum absolute atomic E-state index is 0.205. The highest BCUT2D eigenvalue weighted by Gasteiger charge is 2.33. The summed E-state index contributed by atoms with van der Waals surface area (Å²) in [6.45, 7) is 2.91. The summed E-state index contributed by atoms with van der Waals surface area (Å²) in [5.74, 6) is 1.64. The van der Waals surface area contributed by atoms with Crippen LogP contribution in [0.2, 0.25) is 0 Å². The molecule has 0 saturated carbocycles. The number of nitrogens with zero attached hydrogens (tertiary/aromatic N) is 1. The Morgan fingerprint density at radius 1 is 1.09 bits per heavy atom. The molecular weight excluding hydrogens is 290 g/mol. The Bertz CT molecular complexity index is 727. The lowest BCUT2D eigenvalue weighted by molar-refractivity contribution is 0.153. The van der Waals surface area contributed by atoms with Gasteiger partial charge in [0.25, 0.3) is 0 Å². The predicted octanol–water partition coefficient (Wildman–Crippen LogP) is 4.16. The molecule has 4 heteroatoms. The van der Waals surface area contributed by atoms with Gasteiger partial charge in [0.15, 0.2) is 0 Å². The van der Waals surface area contributed by atoms with E-state index in [1.807, 2.05) is 23.2 Å². The molecule has 1 aromatic carbocycles. The Morgan fingerprint density at radius 2 is 1.87 bits per heavy atom. The van der Waals surface area contributed by atoms with Crippen molar-refractivity contribution in [3.8, 4) is 5.75 Å². The molecule has 1 aromatic rings. The maximum atomic E-state index is 10.7. The summed E-state index contributed by atoms with van der Waals surface area (Å²) >= 11 is 0. The summed E-state index contributed by atoms with van der Waals surface area (Å²) < 4.78 is 5.89. The van der Waals surface area contributed by atoms with Crippen LogP contribution in [-0.2, 0) is 4.74 Å². The normalized spacial score (nSPS) is 24.0. The van der Waals surface area contributed by atoms with Gasteiger partial charge in [-0.15, -0.1) is 0 Å². The number of fused-ring (bicyclic) bond motifs is 1. The molecule has 3 aliphatic rings. The molecule has 120 valence electrons. The minimum Gasteiger partial charge on any atom is -0.508 e. The van der Waals surface area contributed by atoms with Crippen molar-refractivity contribution < 1.29 is 14.9 Å². The number of benzene rings is 1. The summed E-state index contributed by atoms with van der Waals surface area (Å²) in [5, 5.41) is 20.2. The van der Waals surface area contributed by atoms with Gasteiger partial charge in [0.05, 0.1) is 6.10 Å². The standard InChI is InChI=1S/C19H21NO3/c1-12-10-16-18(23-12)7-2-13-8-9-20(11-17(22)19(13)16)14-3-5-15(21)6-4-14/h3-6,11-12,21-22H,2,7-10H2,1H3. The second kappa shape index (κ2) is 5.37. The maximum absolute atomic E-state index is 10.7. The number of hydrogen-bond acceptors (Lipinski definition) is 4. The summed E-state index contributed by atoms with van der Waals surface area (Å²) in [5.41, 5.74) is 4.51. The molecule has 2 N–H and O–H groups in total. The van der Waals surface area contributed by atoms with Gasteiger partial charge in [-0.2, -0.15) is 0 Å². The molecule has 2 heterocycles. The smallest absolute Gasteiger partial charge is 0.139 e. The fraction of sp³-hybridized carbons (Fsp3) is 0.368. The van der Waals surface area contributed by atoms with Crippen LogP contribution in [0.4, 0.5) is 5.69 Å². The van der Waals surface area contributed by atoms with Crippen molar-refractivity contribution in [2.45, 2.75) is 38.7 Å². The Balaban J connectivity index is 1.68. The minimum atomic E-state index is 0.205. The van der Waals surface area contributed by atoms with Crippen molar-refractivity contribution in [2.75, 3.05) is 11.4 Å². The molecule has 1 atom stereocenters. The fourth-order valence-electron chi connectivity index (χ4n) is 3.78. The van der Waals surface area contributed by atoms with Gasteiger partial charge in [0.2, 0.25) is 0 Å². The van der Waals surface area contributed by atoms with Crippen LogP contribution in [0.1, 0.15) is 32.6 Å². The van der Waals surface area contributed by atoms with E-state index in [0.717, 1.165) is 49.2 Å². The second-order valence-electron chi connectivity index (χ2n) is 6.49. The molecule has 0 spiro atoms. The molecule has 0 bridgehead atoms. The zero-order valence-corrected chi connectivity index (χ0v) is 13.2. The lowest BCUT2D eigenvalue weighted by atomic mass is 9.86. The Morgan fingerprint density at radius 3 is 2.65 bits per heavy atom. The molecule has 4 nitrogen and oxygen atoms in total. The number of phenolic OH excluding ortho intramolecular Hbond substituents is 1. The third kappa shape index (κ3) is 2.48. The highest BCUT2D eigenvalue weighted by molar-refractivity contribution is 5.58. The summed E-state index contributed by atoms with van der Waals surface area (Å²) in [6, 6.07) is 7.08. The number of aromatic hydroxyl groups is 1. The van der Waals surface area contributed by atoms with E-state index in [2.05, 4.69) is 6.92 Å². The van der Waals surface area contributed by atoms with Gasteiger partial charge < -0.3 is 19.8 Å². The van der Waals surface area contributed by atoms with Gasteiger partial charge in [-0.05, 0) is 44.0 Å². The SMILES string of the molecule is CC1CC2=C(CCC3=C2C(O)=CN(c2ccc(O)cc2)CC3)O1. The number of allylic oxidation sites excluding steroid dienone is 2. The molecular formula is C19H21NO3. The average molecular weight is 311 g/mol. The van der Waals surface area contributed by atoms with E-state index in [9.17, 15) is 10.2 Å². The first kappa shape index (κ1) is 14.2. The van der Waals surface area contributed by atoms with E-state index in [0.29, 0.717) is 5.76 Å². The monoisotopic (exact) mass is 311 g/mol. The molecule has 0 fully saturated rings. The number of rotatable bonds is 1. The average Bonchev–Trinajstić information content (AvgIpc) is 2.82. The third-order valence-corrected chi connectivity index (χ3v) is 4.85. The van der Waals surface area contributed by atoms with Crippen LogP contribution in [0.25, 0.3) is 0 Å². The molecule has 4 rings (SSSR count). The van der Waals surface area contributed by atoms with Crippen molar-refractivity contribution in [3.63, 3.8) is 0 Å². The van der Waals surface area contributed by atoms with Crippen molar-refractivity contribution in [2.24, 2.45) is 0 Å². The zero-order valence-electron chi connectivity index (χ0n) is 13.2. The van der Waals surface area contributed by atoms with Crippen LogP contribution in [0.15, 0.2) is 58.7 Å². The van der Waals surface area contributed by atoms with Crippen molar-refractivity contribution >= 4 is 5.69 Å². The largest absolute Gasteiger partial charge is 0.508 e. The molecule has 0 radical (unpaired) electrons. The summed E-state index contributed by atoms with van der Waals surface area (Å²) in [7, 11) is 0. The number of aliphatic hydroxyl groups excluding tert-OH is 1. The number of hydrogen-bond donors (Lipinski definition) is 2. The van der Waals surface area contributed by atoms with Crippen molar-refractivity contribution in [1.82, 2.24) is 0 Å². The molecule has 0 aromatic heterocycles. The Kier molecular flexibility index (Phi) is 3.33. The van der Waals surface area contributed by atoms with Crippen LogP contribution in [0.5, 0.6) is 5.75 Å². The van der Waals surface area contributed by atoms with Crippen LogP contribution < -0.4 is 4.90 Å². The van der Waals surface area contributed by atoms with Crippen molar-refractivity contribution in [3.05, 3.63) is 58.7 Å². The van der Waals surface area contributed by atoms with Gasteiger partial charge in [-0.25, -0.2) is 0 Å². The van der Waals surface area contributed by atoms with Gasteiger partial charge in [0, 0.05) is 42.4 Å². The highest BCUT2D eigenvalue weighted by atomic mass is 16.5. The fourth-order valence-corrected chi connectivity index (χ4v) is 3.78. The third-order valence-electron chi connectivity index (χ3n) is 4.85. The molecule has 0 amide bonds. The van der Waals surface area contributed by atoms with E-state index < -0.39 is 0 Å². The van der Waals surface area contributed by atoms with Gasteiger partial charge in [-0.1, -0.05) is 5.57 Å². The lowest BCUT2D eigenvalue weighted by Crippen LogP contribution is -2.17. The van der Waals surface area contributed by atoms with Crippen LogP contribution in [-0.4, -0.2) is 22.9 Å². The first-order valence-corrected chi connectivity index (χ1v) is 8.19. The quantitative estimate of drug-likeness (QED) is 0.818. The van der Waals surface area contributed by atoms with E-state index in [4.69, 9.17) is 4.74 Å². The maximum Gasteiger partial charge on any atom is 0.139 e. The zero-order chi connectivity index (χ0) is 16.0. The van der Waals surface area contributed by atoms with E-state index in [1.54, 1.807) is 12.1 Å². The lowest BCUT2D eigenvalue weighted by Gasteiger charge is -2.20. The Labute approximate surface area is 136 Å². The second-order valence-corrected chi connectivity index (χ2v) is 6.49. The Hall–Kier alpha value is -2.36. The number of phenols is 1. The van der Waals surface area contributed by atoms with E-state index in [1.165, 1.54) is 11.1 Å². The molecule has 1 aliphatic carbocycles. The number of ether oxygens (including phenoxy) is 1.